The fourth-order valence-electron chi connectivity index (χ4n) is 3.21. The van der Waals surface area contributed by atoms with Crippen LogP contribution in [0.3, 0.4) is 0 Å². The van der Waals surface area contributed by atoms with Crippen LogP contribution in [0.1, 0.15) is 39.2 Å². The summed E-state index contributed by atoms with van der Waals surface area (Å²) in [5.41, 5.74) is -0.249. The van der Waals surface area contributed by atoms with Gasteiger partial charge < -0.3 is 20.6 Å². The summed E-state index contributed by atoms with van der Waals surface area (Å²) in [6.45, 7) is 11.5. The zero-order chi connectivity index (χ0) is 18.3. The van der Waals surface area contributed by atoms with Crippen molar-refractivity contribution in [2.24, 2.45) is 18.0 Å². The summed E-state index contributed by atoms with van der Waals surface area (Å²) in [6.07, 6.45) is 6.05. The first-order valence-electron chi connectivity index (χ1n) is 9.40. The maximum Gasteiger partial charge on any atom is 0.191 e. The SMILES string of the molecule is CCNC(=NCC(C)(O)c1cnn(C)c1)NCC1CCCN(CC)C1.I. The summed E-state index contributed by atoms with van der Waals surface area (Å²) in [5, 5.41) is 21.5. The Labute approximate surface area is 174 Å². The number of hydrogen-bond acceptors (Lipinski definition) is 4. The Morgan fingerprint density at radius 2 is 2.19 bits per heavy atom. The number of aryl methyl sites for hydroxylation is 1. The van der Waals surface area contributed by atoms with Crippen molar-refractivity contribution in [3.63, 3.8) is 0 Å². The molecule has 0 saturated carbocycles. The number of likely N-dealkylation sites (tertiary alicyclic amines) is 1. The van der Waals surface area contributed by atoms with Gasteiger partial charge >= 0.3 is 0 Å². The van der Waals surface area contributed by atoms with E-state index >= 15 is 0 Å². The molecule has 7 nitrogen and oxygen atoms in total. The smallest absolute Gasteiger partial charge is 0.191 e. The Balaban J connectivity index is 0.00000338. The molecule has 0 spiro atoms. The van der Waals surface area contributed by atoms with Crippen LogP contribution in [0, 0.1) is 5.92 Å². The van der Waals surface area contributed by atoms with Crippen molar-refractivity contribution in [1.82, 2.24) is 25.3 Å². The number of piperidine rings is 1. The van der Waals surface area contributed by atoms with Crippen LogP contribution in [-0.2, 0) is 12.6 Å². The molecule has 0 radical (unpaired) electrons. The zero-order valence-corrected chi connectivity index (χ0v) is 18.9. The normalized spacial score (nSPS) is 21.0. The van der Waals surface area contributed by atoms with Gasteiger partial charge in [0.1, 0.15) is 5.60 Å². The molecule has 1 aliphatic heterocycles. The number of guanidine groups is 1. The Bertz CT molecular complexity index is 560. The van der Waals surface area contributed by atoms with E-state index in [9.17, 15) is 5.11 Å². The largest absolute Gasteiger partial charge is 0.383 e. The summed E-state index contributed by atoms with van der Waals surface area (Å²) < 4.78 is 1.69. The maximum absolute atomic E-state index is 10.7. The third kappa shape index (κ3) is 7.03. The first kappa shape index (κ1) is 23.2. The third-order valence-electron chi connectivity index (χ3n) is 4.82. The van der Waals surface area contributed by atoms with E-state index in [1.54, 1.807) is 17.8 Å². The lowest BCUT2D eigenvalue weighted by Gasteiger charge is -2.32. The van der Waals surface area contributed by atoms with E-state index in [1.807, 2.05) is 13.2 Å². The van der Waals surface area contributed by atoms with Gasteiger partial charge in [0.05, 0.1) is 12.7 Å². The predicted molar refractivity (Wildman–Crippen MR) is 117 cm³/mol. The second kappa shape index (κ2) is 11.1. The molecule has 1 aromatic heterocycles. The minimum absolute atomic E-state index is 0. The molecular weight excluding hydrogens is 443 g/mol. The molecule has 150 valence electrons. The molecule has 0 amide bonds. The van der Waals surface area contributed by atoms with Gasteiger partial charge in [0, 0.05) is 38.4 Å². The molecule has 1 aromatic rings. The summed E-state index contributed by atoms with van der Waals surface area (Å²) in [6, 6.07) is 0. The van der Waals surface area contributed by atoms with Crippen molar-refractivity contribution in [2.45, 2.75) is 39.2 Å². The van der Waals surface area contributed by atoms with E-state index in [2.05, 4.69) is 39.5 Å². The van der Waals surface area contributed by atoms with Gasteiger partial charge in [-0.3, -0.25) is 4.68 Å². The van der Waals surface area contributed by atoms with Gasteiger partial charge in [-0.15, -0.1) is 24.0 Å². The number of aliphatic imine (C=N–C) groups is 1. The molecule has 3 N–H and O–H groups in total. The van der Waals surface area contributed by atoms with Crippen LogP contribution in [0.25, 0.3) is 0 Å². The van der Waals surface area contributed by atoms with Crippen molar-refractivity contribution in [1.29, 1.82) is 0 Å². The molecule has 2 heterocycles. The first-order chi connectivity index (χ1) is 11.9. The summed E-state index contributed by atoms with van der Waals surface area (Å²) >= 11 is 0. The lowest BCUT2D eigenvalue weighted by Crippen LogP contribution is -2.44. The number of aliphatic hydroxyl groups is 1. The third-order valence-corrected chi connectivity index (χ3v) is 4.82. The molecule has 0 aromatic carbocycles. The zero-order valence-electron chi connectivity index (χ0n) is 16.5. The number of halogens is 1. The molecule has 26 heavy (non-hydrogen) atoms. The molecule has 1 saturated heterocycles. The number of rotatable bonds is 7. The first-order valence-corrected chi connectivity index (χ1v) is 9.40. The van der Waals surface area contributed by atoms with E-state index in [-0.39, 0.29) is 24.0 Å². The van der Waals surface area contributed by atoms with Crippen LogP contribution < -0.4 is 10.6 Å². The molecule has 1 aliphatic rings. The average Bonchev–Trinajstić information content (AvgIpc) is 3.05. The minimum Gasteiger partial charge on any atom is -0.383 e. The van der Waals surface area contributed by atoms with E-state index in [4.69, 9.17) is 0 Å². The van der Waals surface area contributed by atoms with Crippen LogP contribution in [0.15, 0.2) is 17.4 Å². The highest BCUT2D eigenvalue weighted by molar-refractivity contribution is 14.0. The minimum atomic E-state index is -1.03. The number of aromatic nitrogens is 2. The standard InChI is InChI=1S/C18H34N6O.HI/c1-5-19-17(20-10-15-8-7-9-24(6-2)12-15)21-14-18(3,25)16-11-22-23(4)13-16;/h11,13,15,25H,5-10,12,14H2,1-4H3,(H2,19,20,21);1H. The monoisotopic (exact) mass is 478 g/mol. The molecule has 8 heteroatoms. The van der Waals surface area contributed by atoms with Crippen LogP contribution in [-0.4, -0.2) is 65.0 Å². The molecule has 0 bridgehead atoms. The maximum atomic E-state index is 10.7. The van der Waals surface area contributed by atoms with Crippen molar-refractivity contribution >= 4 is 29.9 Å². The molecule has 0 aliphatic carbocycles. The Morgan fingerprint density at radius 3 is 2.81 bits per heavy atom. The van der Waals surface area contributed by atoms with Gasteiger partial charge in [0.2, 0.25) is 0 Å². The fraction of sp³-hybridized carbons (Fsp3) is 0.778. The Hall–Kier alpha value is -0.870. The van der Waals surface area contributed by atoms with Crippen LogP contribution in [0.2, 0.25) is 0 Å². The van der Waals surface area contributed by atoms with Gasteiger partial charge in [-0.25, -0.2) is 4.99 Å². The highest BCUT2D eigenvalue weighted by Crippen LogP contribution is 2.20. The summed E-state index contributed by atoms with van der Waals surface area (Å²) in [7, 11) is 1.85. The van der Waals surface area contributed by atoms with Gasteiger partial charge in [-0.05, 0) is 45.7 Å². The van der Waals surface area contributed by atoms with Crippen molar-refractivity contribution < 1.29 is 5.11 Å². The van der Waals surface area contributed by atoms with Crippen LogP contribution in [0.4, 0.5) is 0 Å². The lowest BCUT2D eigenvalue weighted by molar-refractivity contribution is 0.0671. The fourth-order valence-corrected chi connectivity index (χ4v) is 3.21. The Morgan fingerprint density at radius 1 is 1.42 bits per heavy atom. The highest BCUT2D eigenvalue weighted by atomic mass is 127. The molecule has 2 unspecified atom stereocenters. The van der Waals surface area contributed by atoms with E-state index < -0.39 is 5.60 Å². The quantitative estimate of drug-likeness (QED) is 0.315. The second-order valence-electron chi connectivity index (χ2n) is 7.15. The summed E-state index contributed by atoms with van der Waals surface area (Å²) in [4.78, 5) is 7.10. The van der Waals surface area contributed by atoms with Crippen molar-refractivity contribution in [3.8, 4) is 0 Å². The molecular formula is C18H35IN6O. The van der Waals surface area contributed by atoms with E-state index in [1.165, 1.54) is 19.4 Å². The molecule has 2 rings (SSSR count). The van der Waals surface area contributed by atoms with Crippen LogP contribution >= 0.6 is 24.0 Å². The van der Waals surface area contributed by atoms with Gasteiger partial charge in [0.25, 0.3) is 0 Å². The van der Waals surface area contributed by atoms with E-state index in [0.29, 0.717) is 12.5 Å². The van der Waals surface area contributed by atoms with Gasteiger partial charge in [-0.1, -0.05) is 6.92 Å². The average molecular weight is 478 g/mol. The molecule has 1 fully saturated rings. The van der Waals surface area contributed by atoms with Crippen molar-refractivity contribution in [3.05, 3.63) is 18.0 Å². The van der Waals surface area contributed by atoms with Gasteiger partial charge in [0.15, 0.2) is 5.96 Å². The second-order valence-corrected chi connectivity index (χ2v) is 7.15. The Kier molecular flexibility index (Phi) is 9.88. The van der Waals surface area contributed by atoms with Crippen molar-refractivity contribution in [2.75, 3.05) is 39.3 Å². The highest BCUT2D eigenvalue weighted by Gasteiger charge is 2.25. The lowest BCUT2D eigenvalue weighted by atomic mass is 9.98. The number of nitrogens with one attached hydrogen (secondary N) is 2. The molecule has 2 atom stereocenters. The predicted octanol–water partition coefficient (Wildman–Crippen LogP) is 1.53. The number of nitrogens with zero attached hydrogens (tertiary/aromatic N) is 4. The summed E-state index contributed by atoms with van der Waals surface area (Å²) in [5.74, 6) is 1.41. The topological polar surface area (TPSA) is 77.7 Å². The van der Waals surface area contributed by atoms with Gasteiger partial charge in [-0.2, -0.15) is 5.10 Å². The van der Waals surface area contributed by atoms with Crippen LogP contribution in [0.5, 0.6) is 0 Å². The number of hydrogen-bond donors (Lipinski definition) is 3. The van der Waals surface area contributed by atoms with E-state index in [0.717, 1.165) is 37.7 Å².